The molecular weight excluding hydrogens is 238 g/mol. The van der Waals surface area contributed by atoms with Gasteiger partial charge in [-0.15, -0.1) is 0 Å². The van der Waals surface area contributed by atoms with E-state index in [4.69, 9.17) is 4.74 Å². The topological polar surface area (TPSA) is 49.9 Å². The lowest BCUT2D eigenvalue weighted by atomic mass is 10.1. The summed E-state index contributed by atoms with van der Waals surface area (Å²) in [5, 5.41) is 3.44. The van der Waals surface area contributed by atoms with Crippen LogP contribution in [0, 0.1) is 6.92 Å². The number of aryl methyl sites for hydroxylation is 2. The Morgan fingerprint density at radius 3 is 3.00 bits per heavy atom. The molecular formula is C15H21N3O. The van der Waals surface area contributed by atoms with Gasteiger partial charge in [0.05, 0.1) is 7.11 Å². The smallest absolute Gasteiger partial charge is 0.123 e. The number of hydrogen-bond donors (Lipinski definition) is 2. The average molecular weight is 259 g/mol. The molecule has 1 heterocycles. The number of hydrogen-bond acceptors (Lipinski definition) is 3. The van der Waals surface area contributed by atoms with Gasteiger partial charge in [0.25, 0.3) is 0 Å². The van der Waals surface area contributed by atoms with Gasteiger partial charge in [0.2, 0.25) is 0 Å². The van der Waals surface area contributed by atoms with Crippen molar-refractivity contribution in [2.24, 2.45) is 0 Å². The van der Waals surface area contributed by atoms with Gasteiger partial charge in [-0.05, 0) is 26.0 Å². The number of nitrogens with one attached hydrogen (secondary N) is 2. The molecule has 2 aromatic rings. The van der Waals surface area contributed by atoms with Crippen molar-refractivity contribution in [1.82, 2.24) is 15.3 Å². The van der Waals surface area contributed by atoms with E-state index in [1.54, 1.807) is 13.3 Å². The minimum atomic E-state index is 0.836. The van der Waals surface area contributed by atoms with Gasteiger partial charge in [0.1, 0.15) is 11.6 Å². The fraction of sp³-hybridized carbons (Fsp3) is 0.400. The Balaban J connectivity index is 1.74. The number of rotatable bonds is 7. The predicted molar refractivity (Wildman–Crippen MR) is 76.3 cm³/mol. The lowest BCUT2D eigenvalue weighted by Crippen LogP contribution is -2.16. The third-order valence-electron chi connectivity index (χ3n) is 3.07. The summed E-state index contributed by atoms with van der Waals surface area (Å²) in [4.78, 5) is 7.32. The normalized spacial score (nSPS) is 10.6. The summed E-state index contributed by atoms with van der Waals surface area (Å²) >= 11 is 0. The summed E-state index contributed by atoms with van der Waals surface area (Å²) in [7, 11) is 1.71. The van der Waals surface area contributed by atoms with Crippen LogP contribution in [-0.4, -0.2) is 23.6 Å². The molecule has 2 rings (SSSR count). The Bertz CT molecular complexity index is 494. The highest BCUT2D eigenvalue weighted by Crippen LogP contribution is 2.19. The van der Waals surface area contributed by atoms with Crippen molar-refractivity contribution in [1.29, 1.82) is 0 Å². The minimum Gasteiger partial charge on any atom is -0.496 e. The molecule has 1 aromatic heterocycles. The van der Waals surface area contributed by atoms with Crippen LogP contribution in [0.25, 0.3) is 0 Å². The van der Waals surface area contributed by atoms with E-state index < -0.39 is 0 Å². The van der Waals surface area contributed by atoms with E-state index in [1.165, 1.54) is 11.1 Å². The van der Waals surface area contributed by atoms with Crippen LogP contribution in [0.5, 0.6) is 5.75 Å². The number of nitrogens with zero attached hydrogens (tertiary/aromatic N) is 1. The van der Waals surface area contributed by atoms with Crippen molar-refractivity contribution in [3.8, 4) is 5.75 Å². The SMILES string of the molecule is COc1ccc(C)cc1CNCCCc1ncc[nH]1. The third kappa shape index (κ3) is 4.10. The summed E-state index contributed by atoms with van der Waals surface area (Å²) in [5.41, 5.74) is 2.47. The molecule has 4 nitrogen and oxygen atoms in total. The number of benzene rings is 1. The molecule has 0 bridgehead atoms. The molecule has 0 amide bonds. The van der Waals surface area contributed by atoms with Crippen LogP contribution in [0.2, 0.25) is 0 Å². The molecule has 102 valence electrons. The molecule has 0 aliphatic carbocycles. The second-order valence-corrected chi connectivity index (χ2v) is 4.63. The standard InChI is InChI=1S/C15H21N3O/c1-12-5-6-14(19-2)13(10-12)11-16-7-3-4-15-17-8-9-18-15/h5-6,8-10,16H,3-4,7,11H2,1-2H3,(H,17,18). The molecule has 19 heavy (non-hydrogen) atoms. The number of imidazole rings is 1. The molecule has 1 aromatic carbocycles. The Kier molecular flexibility index (Phi) is 4.98. The van der Waals surface area contributed by atoms with Crippen LogP contribution in [0.15, 0.2) is 30.6 Å². The Labute approximate surface area is 114 Å². The molecule has 0 aliphatic heterocycles. The average Bonchev–Trinajstić information content (AvgIpc) is 2.92. The first kappa shape index (κ1) is 13.6. The first-order valence-corrected chi connectivity index (χ1v) is 6.62. The van der Waals surface area contributed by atoms with E-state index in [9.17, 15) is 0 Å². The summed E-state index contributed by atoms with van der Waals surface area (Å²) in [6, 6.07) is 6.26. The third-order valence-corrected chi connectivity index (χ3v) is 3.07. The zero-order valence-electron chi connectivity index (χ0n) is 11.6. The predicted octanol–water partition coefficient (Wildman–Crippen LogP) is 2.45. The first-order chi connectivity index (χ1) is 9.29. The molecule has 0 aliphatic rings. The molecule has 2 N–H and O–H groups in total. The molecule has 0 saturated carbocycles. The maximum Gasteiger partial charge on any atom is 0.123 e. The van der Waals surface area contributed by atoms with Crippen LogP contribution >= 0.6 is 0 Å². The van der Waals surface area contributed by atoms with Crippen molar-refractivity contribution in [2.45, 2.75) is 26.3 Å². The van der Waals surface area contributed by atoms with Gasteiger partial charge in [-0.3, -0.25) is 0 Å². The van der Waals surface area contributed by atoms with Gasteiger partial charge in [0.15, 0.2) is 0 Å². The quantitative estimate of drug-likeness (QED) is 0.751. The molecule has 0 unspecified atom stereocenters. The summed E-state index contributed by atoms with van der Waals surface area (Å²) in [6.45, 7) is 3.90. The van der Waals surface area contributed by atoms with Crippen LogP contribution < -0.4 is 10.1 Å². The first-order valence-electron chi connectivity index (χ1n) is 6.62. The second kappa shape index (κ2) is 6.95. The molecule has 0 radical (unpaired) electrons. The molecule has 0 atom stereocenters. The van der Waals surface area contributed by atoms with Crippen molar-refractivity contribution in [2.75, 3.05) is 13.7 Å². The number of aromatic amines is 1. The summed E-state index contributed by atoms with van der Waals surface area (Å²) in [5.74, 6) is 2.00. The van der Waals surface area contributed by atoms with Crippen LogP contribution in [0.4, 0.5) is 0 Å². The van der Waals surface area contributed by atoms with Crippen LogP contribution in [0.3, 0.4) is 0 Å². The van der Waals surface area contributed by atoms with Gasteiger partial charge < -0.3 is 15.0 Å². The highest BCUT2D eigenvalue weighted by Gasteiger charge is 2.02. The van der Waals surface area contributed by atoms with Crippen LogP contribution in [0.1, 0.15) is 23.4 Å². The Hall–Kier alpha value is -1.81. The zero-order valence-corrected chi connectivity index (χ0v) is 11.6. The van der Waals surface area contributed by atoms with E-state index >= 15 is 0 Å². The molecule has 0 saturated heterocycles. The zero-order chi connectivity index (χ0) is 13.5. The summed E-state index contributed by atoms with van der Waals surface area (Å²) in [6.07, 6.45) is 5.70. The second-order valence-electron chi connectivity index (χ2n) is 4.63. The van der Waals surface area contributed by atoms with Gasteiger partial charge in [-0.1, -0.05) is 17.7 Å². The number of methoxy groups -OCH3 is 1. The minimum absolute atomic E-state index is 0.836. The van der Waals surface area contributed by atoms with E-state index in [-0.39, 0.29) is 0 Å². The van der Waals surface area contributed by atoms with Crippen molar-refractivity contribution >= 4 is 0 Å². The largest absolute Gasteiger partial charge is 0.496 e. The summed E-state index contributed by atoms with van der Waals surface area (Å²) < 4.78 is 5.36. The van der Waals surface area contributed by atoms with Crippen molar-refractivity contribution in [3.63, 3.8) is 0 Å². The fourth-order valence-corrected chi connectivity index (χ4v) is 2.08. The number of aromatic nitrogens is 2. The van der Waals surface area contributed by atoms with Gasteiger partial charge in [-0.2, -0.15) is 0 Å². The molecule has 0 fully saturated rings. The van der Waals surface area contributed by atoms with Crippen molar-refractivity contribution < 1.29 is 4.74 Å². The Morgan fingerprint density at radius 1 is 1.37 bits per heavy atom. The lowest BCUT2D eigenvalue weighted by Gasteiger charge is -2.10. The van der Waals surface area contributed by atoms with Gasteiger partial charge in [0, 0.05) is 30.9 Å². The molecule has 4 heteroatoms. The Morgan fingerprint density at radius 2 is 2.26 bits per heavy atom. The maximum atomic E-state index is 5.36. The van der Waals surface area contributed by atoms with E-state index in [2.05, 4.69) is 34.3 Å². The van der Waals surface area contributed by atoms with E-state index in [0.717, 1.165) is 37.5 Å². The fourth-order valence-electron chi connectivity index (χ4n) is 2.08. The monoisotopic (exact) mass is 259 g/mol. The highest BCUT2D eigenvalue weighted by molar-refractivity contribution is 5.36. The van der Waals surface area contributed by atoms with E-state index in [0.29, 0.717) is 0 Å². The van der Waals surface area contributed by atoms with Crippen LogP contribution in [-0.2, 0) is 13.0 Å². The van der Waals surface area contributed by atoms with Gasteiger partial charge in [-0.25, -0.2) is 4.98 Å². The number of H-pyrrole nitrogens is 1. The van der Waals surface area contributed by atoms with Gasteiger partial charge >= 0.3 is 0 Å². The molecule has 0 spiro atoms. The van der Waals surface area contributed by atoms with Crippen molar-refractivity contribution in [3.05, 3.63) is 47.5 Å². The lowest BCUT2D eigenvalue weighted by molar-refractivity contribution is 0.407. The highest BCUT2D eigenvalue weighted by atomic mass is 16.5. The van der Waals surface area contributed by atoms with E-state index in [1.807, 2.05) is 12.3 Å². The number of ether oxygens (including phenoxy) is 1. The maximum absolute atomic E-state index is 5.36.